The predicted octanol–water partition coefficient (Wildman–Crippen LogP) is 4.75. The lowest BCUT2D eigenvalue weighted by atomic mass is 9.95. The van der Waals surface area contributed by atoms with Gasteiger partial charge in [0.25, 0.3) is 5.91 Å². The monoisotopic (exact) mass is 604 g/mol. The fraction of sp³-hybridized carbons (Fsp3) is 0.469. The first kappa shape index (κ1) is 27.4. The number of fused-ring (bicyclic) bond motifs is 1. The fourth-order valence-corrected chi connectivity index (χ4v) is 6.94. The first-order valence-electron chi connectivity index (χ1n) is 14.6. The van der Waals surface area contributed by atoms with Crippen LogP contribution in [0.1, 0.15) is 72.0 Å². The Morgan fingerprint density at radius 2 is 1.55 bits per heavy atom. The number of piperidine rings is 1. The van der Waals surface area contributed by atoms with Gasteiger partial charge >= 0.3 is 0 Å². The van der Waals surface area contributed by atoms with Crippen LogP contribution in [0, 0.1) is 0 Å². The van der Waals surface area contributed by atoms with Crippen molar-refractivity contribution >= 4 is 39.2 Å². The first-order valence-corrected chi connectivity index (χ1v) is 15.4. The fourth-order valence-electron chi connectivity index (χ4n) is 6.68. The van der Waals surface area contributed by atoms with E-state index in [9.17, 15) is 14.4 Å². The molecule has 0 spiro atoms. The first-order chi connectivity index (χ1) is 19.4. The SMILES string of the molecule is O=C1CCC(N2Cc3cc(CN4CCN(CC5=C(c6ccc(Br)cc6)CCCCC5)CC4)ccc3C2=O)C(=O)N1. The van der Waals surface area contributed by atoms with Gasteiger partial charge in [-0.1, -0.05) is 52.2 Å². The number of benzene rings is 2. The Balaban J connectivity index is 1.06. The molecule has 4 aliphatic rings. The molecule has 1 N–H and O–H groups in total. The van der Waals surface area contributed by atoms with Gasteiger partial charge in [-0.25, -0.2) is 0 Å². The second-order valence-corrected chi connectivity index (χ2v) is 12.5. The Hall–Kier alpha value is -2.81. The summed E-state index contributed by atoms with van der Waals surface area (Å²) in [6.45, 7) is 6.53. The van der Waals surface area contributed by atoms with E-state index in [1.54, 1.807) is 16.0 Å². The van der Waals surface area contributed by atoms with Gasteiger partial charge in [-0.15, -0.1) is 0 Å². The van der Waals surface area contributed by atoms with Crippen LogP contribution in [0.3, 0.4) is 0 Å². The van der Waals surface area contributed by atoms with Crippen molar-refractivity contribution in [3.63, 3.8) is 0 Å². The maximum Gasteiger partial charge on any atom is 0.255 e. The van der Waals surface area contributed by atoms with Crippen LogP contribution in [0.25, 0.3) is 5.57 Å². The van der Waals surface area contributed by atoms with E-state index in [-0.39, 0.29) is 24.1 Å². The zero-order valence-corrected chi connectivity index (χ0v) is 24.5. The Bertz CT molecular complexity index is 1330. The maximum absolute atomic E-state index is 13.0. The van der Waals surface area contributed by atoms with Gasteiger partial charge in [-0.3, -0.25) is 29.5 Å². The number of imide groups is 1. The normalized spacial score (nSPS) is 22.9. The van der Waals surface area contributed by atoms with Crippen molar-refractivity contribution in [2.75, 3.05) is 32.7 Å². The number of allylic oxidation sites excluding steroid dienone is 1. The van der Waals surface area contributed by atoms with E-state index in [4.69, 9.17) is 0 Å². The summed E-state index contributed by atoms with van der Waals surface area (Å²) in [6.07, 6.45) is 6.93. The highest BCUT2D eigenvalue weighted by Crippen LogP contribution is 2.33. The summed E-state index contributed by atoms with van der Waals surface area (Å²) in [6, 6.07) is 14.4. The molecule has 0 radical (unpaired) electrons. The summed E-state index contributed by atoms with van der Waals surface area (Å²) >= 11 is 3.58. The van der Waals surface area contributed by atoms with Gasteiger partial charge in [0.15, 0.2) is 0 Å². The van der Waals surface area contributed by atoms with Gasteiger partial charge in [-0.2, -0.15) is 0 Å². The van der Waals surface area contributed by atoms with Crippen molar-refractivity contribution in [1.82, 2.24) is 20.0 Å². The van der Waals surface area contributed by atoms with Gasteiger partial charge in [0.2, 0.25) is 11.8 Å². The molecule has 1 aliphatic carbocycles. The molecule has 2 fully saturated rings. The number of nitrogens with zero attached hydrogens (tertiary/aromatic N) is 3. The molecule has 0 bridgehead atoms. The third-order valence-electron chi connectivity index (χ3n) is 8.90. The van der Waals surface area contributed by atoms with Crippen molar-refractivity contribution in [1.29, 1.82) is 0 Å². The lowest BCUT2D eigenvalue weighted by molar-refractivity contribution is -0.136. The molecule has 8 heteroatoms. The molecule has 3 heterocycles. The molecule has 210 valence electrons. The van der Waals surface area contributed by atoms with Crippen LogP contribution in [0.2, 0.25) is 0 Å². The smallest absolute Gasteiger partial charge is 0.255 e. The van der Waals surface area contributed by atoms with Crippen LogP contribution in [0.5, 0.6) is 0 Å². The number of piperazine rings is 1. The van der Waals surface area contributed by atoms with Crippen LogP contribution < -0.4 is 5.32 Å². The molecule has 1 atom stereocenters. The molecular formula is C32H37BrN4O3. The van der Waals surface area contributed by atoms with Gasteiger partial charge in [0, 0.05) is 62.3 Å². The average molecular weight is 606 g/mol. The minimum Gasteiger partial charge on any atom is -0.322 e. The lowest BCUT2D eigenvalue weighted by Crippen LogP contribution is -2.52. The zero-order chi connectivity index (χ0) is 27.6. The van der Waals surface area contributed by atoms with Crippen LogP contribution in [0.15, 0.2) is 52.5 Å². The number of carbonyl (C=O) groups excluding carboxylic acids is 3. The average Bonchev–Trinajstić information content (AvgIpc) is 3.10. The van der Waals surface area contributed by atoms with Gasteiger partial charge in [0.1, 0.15) is 6.04 Å². The maximum atomic E-state index is 13.0. The highest BCUT2D eigenvalue weighted by atomic mass is 79.9. The highest BCUT2D eigenvalue weighted by molar-refractivity contribution is 9.10. The summed E-state index contributed by atoms with van der Waals surface area (Å²) in [4.78, 5) is 43.6. The third kappa shape index (κ3) is 5.94. The number of halogens is 1. The number of rotatable bonds is 6. The van der Waals surface area contributed by atoms with Gasteiger partial charge in [-0.05, 0) is 72.6 Å². The highest BCUT2D eigenvalue weighted by Gasteiger charge is 2.39. The van der Waals surface area contributed by atoms with Gasteiger partial charge in [0.05, 0.1) is 0 Å². The minimum atomic E-state index is -0.568. The summed E-state index contributed by atoms with van der Waals surface area (Å²) in [5, 5.41) is 2.38. The Kier molecular flexibility index (Phi) is 8.19. The summed E-state index contributed by atoms with van der Waals surface area (Å²) in [7, 11) is 0. The minimum absolute atomic E-state index is 0.111. The number of hydrogen-bond acceptors (Lipinski definition) is 5. The summed E-state index contributed by atoms with van der Waals surface area (Å²) < 4.78 is 1.13. The molecule has 1 unspecified atom stereocenters. The quantitative estimate of drug-likeness (QED) is 0.482. The lowest BCUT2D eigenvalue weighted by Gasteiger charge is -2.35. The number of carbonyl (C=O) groups is 3. The Morgan fingerprint density at radius 1 is 0.825 bits per heavy atom. The van der Waals surface area contributed by atoms with E-state index >= 15 is 0 Å². The van der Waals surface area contributed by atoms with Crippen molar-refractivity contribution in [3.8, 4) is 0 Å². The molecule has 0 aromatic heterocycles. The molecule has 2 aromatic rings. The standard InChI is InChI=1S/C32H37BrN4O3/c33-26-9-7-23(8-10-26)27-5-3-1-2-4-24(27)20-36-16-14-35(15-17-36)19-22-6-11-28-25(18-22)21-37(32(28)40)29-12-13-30(38)34-31(29)39/h6-11,18,29H,1-5,12-17,19-21H2,(H,34,38,39). The molecule has 40 heavy (non-hydrogen) atoms. The Labute approximate surface area is 244 Å². The predicted molar refractivity (Wildman–Crippen MR) is 158 cm³/mol. The summed E-state index contributed by atoms with van der Waals surface area (Å²) in [5.41, 5.74) is 7.42. The molecule has 3 amide bonds. The second kappa shape index (κ2) is 12.0. The number of hydrogen-bond donors (Lipinski definition) is 1. The topological polar surface area (TPSA) is 73.0 Å². The van der Waals surface area contributed by atoms with E-state index in [1.165, 1.54) is 43.2 Å². The van der Waals surface area contributed by atoms with Crippen molar-refractivity contribution in [3.05, 3.63) is 74.8 Å². The summed E-state index contributed by atoms with van der Waals surface area (Å²) in [5.74, 6) is -0.733. The molecule has 3 aliphatic heterocycles. The van der Waals surface area contributed by atoms with E-state index in [0.717, 1.165) is 49.3 Å². The van der Waals surface area contributed by atoms with Crippen molar-refractivity contribution < 1.29 is 14.4 Å². The van der Waals surface area contributed by atoms with Crippen LogP contribution in [-0.2, 0) is 22.7 Å². The second-order valence-electron chi connectivity index (χ2n) is 11.6. The van der Waals surface area contributed by atoms with Gasteiger partial charge < -0.3 is 4.90 Å². The molecule has 0 saturated carbocycles. The van der Waals surface area contributed by atoms with E-state index in [2.05, 4.69) is 67.4 Å². The van der Waals surface area contributed by atoms with E-state index in [0.29, 0.717) is 18.5 Å². The largest absolute Gasteiger partial charge is 0.322 e. The Morgan fingerprint density at radius 3 is 2.30 bits per heavy atom. The zero-order valence-electron chi connectivity index (χ0n) is 23.0. The van der Waals surface area contributed by atoms with Crippen molar-refractivity contribution in [2.45, 2.75) is 64.1 Å². The van der Waals surface area contributed by atoms with Crippen molar-refractivity contribution in [2.24, 2.45) is 0 Å². The number of nitrogens with one attached hydrogen (secondary N) is 1. The molecule has 2 saturated heterocycles. The third-order valence-corrected chi connectivity index (χ3v) is 9.43. The molecule has 6 rings (SSSR count). The van der Waals surface area contributed by atoms with Crippen LogP contribution in [-0.4, -0.2) is 71.2 Å². The van der Waals surface area contributed by atoms with Crippen LogP contribution in [0.4, 0.5) is 0 Å². The molecule has 2 aromatic carbocycles. The number of amides is 3. The van der Waals surface area contributed by atoms with E-state index < -0.39 is 6.04 Å². The molecule has 7 nitrogen and oxygen atoms in total. The molecular weight excluding hydrogens is 568 g/mol. The van der Waals surface area contributed by atoms with Crippen LogP contribution >= 0.6 is 15.9 Å². The van der Waals surface area contributed by atoms with E-state index in [1.807, 2.05) is 6.07 Å².